The number of nitrogens with zero attached hydrogens (tertiary/aromatic N) is 1. The monoisotopic (exact) mass is 321 g/mol. The molecule has 4 atom stereocenters. The molecule has 112 valence electrons. The number of hydrogen-bond donors (Lipinski definition) is 3. The third-order valence-electron chi connectivity index (χ3n) is 2.80. The molecule has 0 amide bonds. The van der Waals surface area contributed by atoms with E-state index in [1.165, 1.54) is 18.3 Å². The van der Waals surface area contributed by atoms with Crippen molar-refractivity contribution < 1.29 is 28.5 Å². The van der Waals surface area contributed by atoms with Gasteiger partial charge in [0.15, 0.2) is 20.3 Å². The molecule has 0 spiro atoms. The smallest absolute Gasteiger partial charge is 0.192 e. The highest BCUT2D eigenvalue weighted by molar-refractivity contribution is 7.99. The first-order chi connectivity index (χ1) is 9.29. The minimum atomic E-state index is -3.37. The first kappa shape index (κ1) is 15.5. The Bertz CT molecular complexity index is 561. The van der Waals surface area contributed by atoms with Gasteiger partial charge in [0.2, 0.25) is 0 Å². The van der Waals surface area contributed by atoms with E-state index >= 15 is 0 Å². The zero-order valence-electron chi connectivity index (χ0n) is 10.6. The molecule has 3 N–H and O–H groups in total. The first-order valence-corrected chi connectivity index (χ1v) is 8.71. The number of rotatable bonds is 3. The number of aliphatic hydroxyl groups excluding tert-OH is 3. The van der Waals surface area contributed by atoms with E-state index in [4.69, 9.17) is 4.74 Å². The average Bonchev–Trinajstić information content (AvgIpc) is 2.39. The van der Waals surface area contributed by atoms with Gasteiger partial charge in [0.25, 0.3) is 0 Å². The van der Waals surface area contributed by atoms with Crippen LogP contribution < -0.4 is 4.74 Å². The van der Waals surface area contributed by atoms with Crippen LogP contribution in [0.3, 0.4) is 0 Å². The van der Waals surface area contributed by atoms with Crippen LogP contribution in [0.4, 0.5) is 0 Å². The highest BCUT2D eigenvalue weighted by Gasteiger charge is 2.38. The fourth-order valence-corrected chi connectivity index (χ4v) is 3.35. The van der Waals surface area contributed by atoms with Crippen molar-refractivity contribution in [2.24, 2.45) is 0 Å². The standard InChI is InChI=1S/C11H15NO6S2/c1-20(16,17)8-3-2-6(4-12-8)18-11-10(15)9(14)7(13)5-19-11/h2-4,7,9-11,13-15H,5H2,1H3/t7-,9+,10-,11-/m1/s1. The Morgan fingerprint density at radius 2 is 2.00 bits per heavy atom. The van der Waals surface area contributed by atoms with E-state index in [1.807, 2.05) is 0 Å². The average molecular weight is 321 g/mol. The minimum absolute atomic E-state index is 0.0721. The predicted octanol–water partition coefficient (Wildman–Crippen LogP) is -0.981. The van der Waals surface area contributed by atoms with Gasteiger partial charge in [0.05, 0.1) is 12.3 Å². The summed E-state index contributed by atoms with van der Waals surface area (Å²) >= 11 is 1.16. The molecule has 1 aliphatic heterocycles. The third-order valence-corrected chi connectivity index (χ3v) is 5.03. The lowest BCUT2D eigenvalue weighted by Gasteiger charge is -2.34. The highest BCUT2D eigenvalue weighted by Crippen LogP contribution is 2.29. The van der Waals surface area contributed by atoms with Crippen LogP contribution >= 0.6 is 11.8 Å². The Morgan fingerprint density at radius 1 is 1.30 bits per heavy atom. The van der Waals surface area contributed by atoms with Crippen molar-refractivity contribution in [2.45, 2.75) is 28.8 Å². The number of sulfone groups is 1. The fourth-order valence-electron chi connectivity index (χ4n) is 1.67. The number of hydrogen-bond acceptors (Lipinski definition) is 8. The van der Waals surface area contributed by atoms with E-state index in [9.17, 15) is 23.7 Å². The van der Waals surface area contributed by atoms with E-state index in [-0.39, 0.29) is 16.5 Å². The summed E-state index contributed by atoms with van der Waals surface area (Å²) in [4.78, 5) is 3.76. The number of pyridine rings is 1. The van der Waals surface area contributed by atoms with Gasteiger partial charge in [-0.2, -0.15) is 0 Å². The molecule has 1 aliphatic rings. The van der Waals surface area contributed by atoms with Crippen molar-refractivity contribution >= 4 is 21.6 Å². The first-order valence-electron chi connectivity index (χ1n) is 5.77. The van der Waals surface area contributed by atoms with Crippen molar-refractivity contribution in [1.82, 2.24) is 4.98 Å². The van der Waals surface area contributed by atoms with Crippen LogP contribution in [-0.4, -0.2) is 64.5 Å². The molecule has 7 nitrogen and oxygen atoms in total. The molecule has 0 unspecified atom stereocenters. The molecule has 0 radical (unpaired) electrons. The number of aromatic nitrogens is 1. The molecule has 1 aromatic rings. The van der Waals surface area contributed by atoms with Gasteiger partial charge < -0.3 is 20.1 Å². The maximum absolute atomic E-state index is 11.3. The Balaban J connectivity index is 2.07. The van der Waals surface area contributed by atoms with Crippen LogP contribution in [0.2, 0.25) is 0 Å². The van der Waals surface area contributed by atoms with Gasteiger partial charge in [0.1, 0.15) is 18.0 Å². The quantitative estimate of drug-likeness (QED) is 0.650. The molecule has 0 saturated carbocycles. The molecule has 1 fully saturated rings. The Hall–Kier alpha value is -0.870. The molecule has 0 aliphatic carbocycles. The Morgan fingerprint density at radius 3 is 2.55 bits per heavy atom. The molecular weight excluding hydrogens is 306 g/mol. The summed E-state index contributed by atoms with van der Waals surface area (Å²) < 4.78 is 28.0. The third kappa shape index (κ3) is 3.41. The summed E-state index contributed by atoms with van der Waals surface area (Å²) in [6.45, 7) is 0. The number of aliphatic hydroxyl groups is 3. The predicted molar refractivity (Wildman–Crippen MR) is 72.2 cm³/mol. The summed E-state index contributed by atoms with van der Waals surface area (Å²) in [5, 5.41) is 28.7. The Labute approximate surface area is 120 Å². The van der Waals surface area contributed by atoms with E-state index in [2.05, 4.69) is 4.98 Å². The Kier molecular flexibility index (Phi) is 4.55. The summed E-state index contributed by atoms with van der Waals surface area (Å²) in [7, 11) is -3.37. The SMILES string of the molecule is CS(=O)(=O)c1ccc(O[C@@H]2SC[C@@H](O)[C@H](O)[C@H]2O)cn1. The summed E-state index contributed by atoms with van der Waals surface area (Å²) in [5.74, 6) is 0.509. The molecular formula is C11H15NO6S2. The lowest BCUT2D eigenvalue weighted by atomic mass is 10.1. The zero-order chi connectivity index (χ0) is 14.9. The lowest BCUT2D eigenvalue weighted by Crippen LogP contribution is -2.50. The van der Waals surface area contributed by atoms with E-state index < -0.39 is 33.6 Å². The van der Waals surface area contributed by atoms with Gasteiger partial charge >= 0.3 is 0 Å². The van der Waals surface area contributed by atoms with Crippen molar-refractivity contribution in [2.75, 3.05) is 12.0 Å². The molecule has 2 rings (SSSR count). The van der Waals surface area contributed by atoms with Crippen molar-refractivity contribution in [3.8, 4) is 5.75 Å². The molecule has 1 aromatic heterocycles. The van der Waals surface area contributed by atoms with Crippen LogP contribution in [0.25, 0.3) is 0 Å². The van der Waals surface area contributed by atoms with Crippen LogP contribution in [0.15, 0.2) is 23.4 Å². The van der Waals surface area contributed by atoms with Gasteiger partial charge in [-0.05, 0) is 12.1 Å². The molecule has 1 saturated heterocycles. The molecule has 0 aromatic carbocycles. The zero-order valence-corrected chi connectivity index (χ0v) is 12.2. The lowest BCUT2D eigenvalue weighted by molar-refractivity contribution is -0.0786. The largest absolute Gasteiger partial charge is 0.475 e. The van der Waals surface area contributed by atoms with Gasteiger partial charge in [0, 0.05) is 12.0 Å². The minimum Gasteiger partial charge on any atom is -0.475 e. The van der Waals surface area contributed by atoms with E-state index in [0.29, 0.717) is 0 Å². The maximum Gasteiger partial charge on any atom is 0.192 e. The highest BCUT2D eigenvalue weighted by atomic mass is 32.2. The summed E-state index contributed by atoms with van der Waals surface area (Å²) in [6.07, 6.45) is -1.22. The molecule has 2 heterocycles. The maximum atomic E-state index is 11.3. The van der Waals surface area contributed by atoms with E-state index in [1.54, 1.807) is 0 Å². The van der Waals surface area contributed by atoms with Crippen molar-refractivity contribution in [3.05, 3.63) is 18.3 Å². The normalized spacial score (nSPS) is 31.0. The topological polar surface area (TPSA) is 117 Å². The second-order valence-electron chi connectivity index (χ2n) is 4.47. The summed E-state index contributed by atoms with van der Waals surface area (Å²) in [6, 6.07) is 2.73. The van der Waals surface area contributed by atoms with Crippen molar-refractivity contribution in [1.29, 1.82) is 0 Å². The van der Waals surface area contributed by atoms with Crippen LogP contribution in [0.1, 0.15) is 0 Å². The number of ether oxygens (including phenoxy) is 1. The number of thioether (sulfide) groups is 1. The van der Waals surface area contributed by atoms with E-state index in [0.717, 1.165) is 18.0 Å². The van der Waals surface area contributed by atoms with Crippen molar-refractivity contribution in [3.63, 3.8) is 0 Å². The molecule has 9 heteroatoms. The second kappa shape index (κ2) is 5.86. The van der Waals surface area contributed by atoms with Crippen LogP contribution in [0, 0.1) is 0 Å². The molecule has 0 bridgehead atoms. The van der Waals surface area contributed by atoms with Gasteiger partial charge in [-0.25, -0.2) is 13.4 Å². The van der Waals surface area contributed by atoms with Gasteiger partial charge in [-0.3, -0.25) is 0 Å². The van der Waals surface area contributed by atoms with Gasteiger partial charge in [-0.15, -0.1) is 11.8 Å². The summed E-state index contributed by atoms with van der Waals surface area (Å²) in [5.41, 5.74) is -0.751. The second-order valence-corrected chi connectivity index (χ2v) is 7.57. The fraction of sp³-hybridized carbons (Fsp3) is 0.545. The van der Waals surface area contributed by atoms with Crippen LogP contribution in [-0.2, 0) is 9.84 Å². The van der Waals surface area contributed by atoms with Gasteiger partial charge in [-0.1, -0.05) is 0 Å². The van der Waals surface area contributed by atoms with Crippen LogP contribution in [0.5, 0.6) is 5.75 Å². The molecule has 20 heavy (non-hydrogen) atoms.